The summed E-state index contributed by atoms with van der Waals surface area (Å²) in [6, 6.07) is 8.80. The van der Waals surface area contributed by atoms with E-state index >= 15 is 0 Å². The molecule has 4 heteroatoms. The highest BCUT2D eigenvalue weighted by Gasteiger charge is 2.19. The van der Waals surface area contributed by atoms with Crippen molar-refractivity contribution in [3.63, 3.8) is 0 Å². The van der Waals surface area contributed by atoms with E-state index in [0.717, 1.165) is 37.3 Å². The number of likely N-dealkylation sites (N-methyl/N-ethyl adjacent to an activating group) is 1. The highest BCUT2D eigenvalue weighted by Crippen LogP contribution is 2.18. The zero-order valence-corrected chi connectivity index (χ0v) is 13.3. The lowest BCUT2D eigenvalue weighted by Gasteiger charge is -2.32. The van der Waals surface area contributed by atoms with Gasteiger partial charge in [0, 0.05) is 30.1 Å². The second kappa shape index (κ2) is 7.39. The zero-order chi connectivity index (χ0) is 13.7. The minimum atomic E-state index is 0.309. The van der Waals surface area contributed by atoms with E-state index in [1.807, 2.05) is 0 Å². The summed E-state index contributed by atoms with van der Waals surface area (Å²) in [5.74, 6) is 0. The first kappa shape index (κ1) is 15.0. The Morgan fingerprint density at radius 2 is 2.37 bits per heavy atom. The monoisotopic (exact) mass is 326 g/mol. The van der Waals surface area contributed by atoms with Crippen molar-refractivity contribution >= 4 is 15.9 Å². The summed E-state index contributed by atoms with van der Waals surface area (Å²) in [6.07, 6.45) is 0.309. The van der Waals surface area contributed by atoms with Crippen LogP contribution in [-0.4, -0.2) is 43.8 Å². The van der Waals surface area contributed by atoms with Crippen molar-refractivity contribution < 1.29 is 4.74 Å². The molecule has 1 aliphatic heterocycles. The van der Waals surface area contributed by atoms with Crippen LogP contribution in [0.5, 0.6) is 0 Å². The number of benzene rings is 1. The maximum absolute atomic E-state index is 5.81. The molecule has 0 bridgehead atoms. The quantitative estimate of drug-likeness (QED) is 0.900. The average molecular weight is 327 g/mol. The molecule has 0 aromatic heterocycles. The molecule has 1 aliphatic rings. The van der Waals surface area contributed by atoms with Gasteiger partial charge < -0.3 is 10.1 Å². The first-order valence-electron chi connectivity index (χ1n) is 7.02. The number of nitrogens with zero attached hydrogens (tertiary/aromatic N) is 1. The molecule has 1 unspecified atom stereocenters. The van der Waals surface area contributed by atoms with Crippen LogP contribution < -0.4 is 5.32 Å². The predicted octanol–water partition coefficient (Wildman–Crippen LogP) is 2.82. The fourth-order valence-corrected chi connectivity index (χ4v) is 2.81. The standard InChI is InChI=1S/C15H23BrN2O/c1-3-18-7-8-19-15(11-18)10-17-12(2)13-5-4-6-14(16)9-13/h4-6,9,12,15,17H,3,7-8,10-11H2,1-2H3/t12-,15?/m0/s1. The molecule has 1 heterocycles. The summed E-state index contributed by atoms with van der Waals surface area (Å²) in [4.78, 5) is 2.44. The van der Waals surface area contributed by atoms with Gasteiger partial charge in [-0.2, -0.15) is 0 Å². The van der Waals surface area contributed by atoms with Crippen molar-refractivity contribution in [2.24, 2.45) is 0 Å². The van der Waals surface area contributed by atoms with Crippen LogP contribution in [0.2, 0.25) is 0 Å². The van der Waals surface area contributed by atoms with E-state index in [9.17, 15) is 0 Å². The van der Waals surface area contributed by atoms with Gasteiger partial charge >= 0.3 is 0 Å². The number of nitrogens with one attached hydrogen (secondary N) is 1. The molecule has 0 aliphatic carbocycles. The Kier molecular flexibility index (Phi) is 5.82. The minimum Gasteiger partial charge on any atom is -0.374 e. The number of rotatable bonds is 5. The van der Waals surface area contributed by atoms with Crippen molar-refractivity contribution in [1.29, 1.82) is 0 Å². The molecular weight excluding hydrogens is 304 g/mol. The van der Waals surface area contributed by atoms with Crippen molar-refractivity contribution in [2.45, 2.75) is 26.0 Å². The minimum absolute atomic E-state index is 0.309. The largest absolute Gasteiger partial charge is 0.374 e. The Balaban J connectivity index is 1.81. The summed E-state index contributed by atoms with van der Waals surface area (Å²) in [6.45, 7) is 9.38. The number of morpholine rings is 1. The third-order valence-corrected chi connectivity index (χ3v) is 4.16. The normalized spacial score (nSPS) is 22.4. The topological polar surface area (TPSA) is 24.5 Å². The Morgan fingerprint density at radius 3 is 3.11 bits per heavy atom. The van der Waals surface area contributed by atoms with Crippen LogP contribution in [0.3, 0.4) is 0 Å². The molecule has 106 valence electrons. The maximum atomic E-state index is 5.81. The third kappa shape index (κ3) is 4.56. The molecule has 0 spiro atoms. The van der Waals surface area contributed by atoms with Crippen molar-refractivity contribution in [3.8, 4) is 0 Å². The average Bonchev–Trinajstić information content (AvgIpc) is 2.45. The molecule has 3 nitrogen and oxygen atoms in total. The number of halogens is 1. The SMILES string of the molecule is CCN1CCOC(CN[C@@H](C)c2cccc(Br)c2)C1. The molecule has 1 fully saturated rings. The van der Waals surface area contributed by atoms with Gasteiger partial charge in [0.05, 0.1) is 12.7 Å². The van der Waals surface area contributed by atoms with E-state index in [0.29, 0.717) is 12.1 Å². The second-order valence-electron chi connectivity index (χ2n) is 5.07. The van der Waals surface area contributed by atoms with Gasteiger partial charge in [-0.05, 0) is 31.2 Å². The predicted molar refractivity (Wildman–Crippen MR) is 82.4 cm³/mol. The molecule has 19 heavy (non-hydrogen) atoms. The summed E-state index contributed by atoms with van der Waals surface area (Å²) >= 11 is 3.52. The number of hydrogen-bond donors (Lipinski definition) is 1. The molecule has 0 amide bonds. The van der Waals surface area contributed by atoms with Gasteiger partial charge in [-0.25, -0.2) is 0 Å². The smallest absolute Gasteiger partial charge is 0.0826 e. The molecule has 1 aromatic carbocycles. The first-order chi connectivity index (χ1) is 9.19. The molecule has 2 rings (SSSR count). The molecule has 1 aromatic rings. The van der Waals surface area contributed by atoms with Crippen LogP contribution in [0.1, 0.15) is 25.5 Å². The zero-order valence-electron chi connectivity index (χ0n) is 11.7. The lowest BCUT2D eigenvalue weighted by atomic mass is 10.1. The summed E-state index contributed by atoms with van der Waals surface area (Å²) in [5, 5.41) is 3.57. The second-order valence-corrected chi connectivity index (χ2v) is 5.99. The third-order valence-electron chi connectivity index (χ3n) is 3.67. The van der Waals surface area contributed by atoms with Gasteiger partial charge in [-0.1, -0.05) is 35.0 Å². The lowest BCUT2D eigenvalue weighted by molar-refractivity contribution is -0.0262. The highest BCUT2D eigenvalue weighted by atomic mass is 79.9. The molecular formula is C15H23BrN2O. The van der Waals surface area contributed by atoms with Crippen LogP contribution in [0.15, 0.2) is 28.7 Å². The fraction of sp³-hybridized carbons (Fsp3) is 0.600. The fourth-order valence-electron chi connectivity index (χ4n) is 2.39. The summed E-state index contributed by atoms with van der Waals surface area (Å²) < 4.78 is 6.94. The van der Waals surface area contributed by atoms with Crippen LogP contribution in [0.25, 0.3) is 0 Å². The van der Waals surface area contributed by atoms with E-state index in [2.05, 4.69) is 64.3 Å². The van der Waals surface area contributed by atoms with E-state index in [1.165, 1.54) is 5.56 Å². The van der Waals surface area contributed by atoms with Crippen LogP contribution in [0, 0.1) is 0 Å². The lowest BCUT2D eigenvalue weighted by Crippen LogP contribution is -2.46. The van der Waals surface area contributed by atoms with Crippen LogP contribution in [-0.2, 0) is 4.74 Å². The van der Waals surface area contributed by atoms with E-state index in [1.54, 1.807) is 0 Å². The summed E-state index contributed by atoms with van der Waals surface area (Å²) in [5.41, 5.74) is 1.30. The van der Waals surface area contributed by atoms with Crippen molar-refractivity contribution in [3.05, 3.63) is 34.3 Å². The van der Waals surface area contributed by atoms with Crippen molar-refractivity contribution in [1.82, 2.24) is 10.2 Å². The summed E-state index contributed by atoms with van der Waals surface area (Å²) in [7, 11) is 0. The van der Waals surface area contributed by atoms with Gasteiger partial charge in [-0.3, -0.25) is 4.90 Å². The van der Waals surface area contributed by atoms with Crippen LogP contribution in [0.4, 0.5) is 0 Å². The number of ether oxygens (including phenoxy) is 1. The van der Waals surface area contributed by atoms with Gasteiger partial charge in [-0.15, -0.1) is 0 Å². The van der Waals surface area contributed by atoms with Gasteiger partial charge in [0.1, 0.15) is 0 Å². The van der Waals surface area contributed by atoms with Crippen molar-refractivity contribution in [2.75, 3.05) is 32.8 Å². The van der Waals surface area contributed by atoms with Crippen LogP contribution >= 0.6 is 15.9 Å². The molecule has 2 atom stereocenters. The Hall–Kier alpha value is -0.420. The number of hydrogen-bond acceptors (Lipinski definition) is 3. The molecule has 0 radical (unpaired) electrons. The van der Waals surface area contributed by atoms with Gasteiger partial charge in [0.15, 0.2) is 0 Å². The molecule has 1 N–H and O–H groups in total. The van der Waals surface area contributed by atoms with E-state index < -0.39 is 0 Å². The molecule has 0 saturated carbocycles. The maximum Gasteiger partial charge on any atom is 0.0826 e. The Morgan fingerprint density at radius 1 is 1.53 bits per heavy atom. The van der Waals surface area contributed by atoms with Gasteiger partial charge in [0.25, 0.3) is 0 Å². The highest BCUT2D eigenvalue weighted by molar-refractivity contribution is 9.10. The Bertz CT molecular complexity index is 399. The Labute approximate surface area is 124 Å². The van der Waals surface area contributed by atoms with E-state index in [4.69, 9.17) is 4.74 Å². The van der Waals surface area contributed by atoms with Gasteiger partial charge in [0.2, 0.25) is 0 Å². The molecule has 1 saturated heterocycles. The van der Waals surface area contributed by atoms with E-state index in [-0.39, 0.29) is 0 Å². The first-order valence-corrected chi connectivity index (χ1v) is 7.81.